The molecular weight excluding hydrogens is 308 g/mol. The van der Waals surface area contributed by atoms with Crippen molar-refractivity contribution in [2.75, 3.05) is 12.8 Å². The van der Waals surface area contributed by atoms with E-state index in [4.69, 9.17) is 4.42 Å². The van der Waals surface area contributed by atoms with Crippen LogP contribution >= 0.6 is 11.8 Å². The second-order valence-corrected chi connectivity index (χ2v) is 7.17. The Labute approximate surface area is 141 Å². The molecule has 0 aliphatic heterocycles. The van der Waals surface area contributed by atoms with Gasteiger partial charge in [0.2, 0.25) is 5.91 Å². The molecule has 3 rings (SSSR count). The lowest BCUT2D eigenvalue weighted by atomic mass is 9.96. The minimum absolute atomic E-state index is 0.169. The Kier molecular flexibility index (Phi) is 5.60. The van der Waals surface area contributed by atoms with Gasteiger partial charge in [0.05, 0.1) is 5.75 Å². The van der Waals surface area contributed by atoms with E-state index in [-0.39, 0.29) is 5.91 Å². The molecule has 0 bridgehead atoms. The van der Waals surface area contributed by atoms with Crippen LogP contribution in [0.4, 0.5) is 0 Å². The van der Waals surface area contributed by atoms with Gasteiger partial charge in [-0.15, -0.1) is 0 Å². The van der Waals surface area contributed by atoms with Gasteiger partial charge in [-0.2, -0.15) is 0 Å². The summed E-state index contributed by atoms with van der Waals surface area (Å²) in [4.78, 5) is 18.8. The Morgan fingerprint density at radius 1 is 1.22 bits per heavy atom. The number of rotatable bonds is 4. The van der Waals surface area contributed by atoms with Crippen molar-refractivity contribution in [1.29, 1.82) is 0 Å². The monoisotopic (exact) mass is 332 g/mol. The summed E-state index contributed by atoms with van der Waals surface area (Å²) < 4.78 is 5.66. The number of para-hydroxylation sites is 2. The summed E-state index contributed by atoms with van der Waals surface area (Å²) >= 11 is 1.39. The van der Waals surface area contributed by atoms with Gasteiger partial charge in [-0.25, -0.2) is 4.98 Å². The lowest BCUT2D eigenvalue weighted by Gasteiger charge is -2.29. The van der Waals surface area contributed by atoms with Crippen molar-refractivity contribution in [1.82, 2.24) is 9.88 Å². The normalized spacial score (nSPS) is 16.9. The Morgan fingerprint density at radius 3 is 2.65 bits per heavy atom. The molecule has 0 unspecified atom stereocenters. The molecule has 1 aliphatic rings. The summed E-state index contributed by atoms with van der Waals surface area (Å²) in [6, 6.07) is 8.08. The highest BCUT2D eigenvalue weighted by molar-refractivity contribution is 7.99. The fourth-order valence-corrected chi connectivity index (χ4v) is 3.93. The topological polar surface area (TPSA) is 46.3 Å². The third-order valence-corrected chi connectivity index (χ3v) is 5.42. The standard InChI is InChI=1S/C18H24N2O2S/c1-20(14-9-5-3-2-4-6-10-14)17(21)13-23-18-19-15-11-7-8-12-16(15)22-18/h7-8,11-12,14H,2-6,9-10,13H2,1H3. The molecule has 1 fully saturated rings. The molecule has 0 spiro atoms. The average Bonchev–Trinajstić information content (AvgIpc) is 2.94. The molecule has 0 radical (unpaired) electrons. The highest BCUT2D eigenvalue weighted by Gasteiger charge is 2.21. The van der Waals surface area contributed by atoms with Gasteiger partial charge in [-0.3, -0.25) is 4.79 Å². The van der Waals surface area contributed by atoms with Gasteiger partial charge in [-0.1, -0.05) is 56.0 Å². The van der Waals surface area contributed by atoms with E-state index in [9.17, 15) is 4.79 Å². The lowest BCUT2D eigenvalue weighted by Crippen LogP contribution is -2.38. The van der Waals surface area contributed by atoms with Crippen LogP contribution in [0.25, 0.3) is 11.1 Å². The number of fused-ring (bicyclic) bond motifs is 1. The Hall–Kier alpha value is -1.49. The molecule has 1 aromatic heterocycles. The van der Waals surface area contributed by atoms with Gasteiger partial charge >= 0.3 is 0 Å². The van der Waals surface area contributed by atoms with E-state index < -0.39 is 0 Å². The van der Waals surface area contributed by atoms with E-state index in [1.165, 1.54) is 43.9 Å². The van der Waals surface area contributed by atoms with Gasteiger partial charge in [0.25, 0.3) is 5.22 Å². The molecule has 1 aliphatic carbocycles. The summed E-state index contributed by atoms with van der Waals surface area (Å²) in [5, 5.41) is 0.575. The molecule has 2 aromatic rings. The molecule has 5 heteroatoms. The van der Waals surface area contributed by atoms with Gasteiger partial charge in [0.15, 0.2) is 5.58 Å². The molecule has 4 nitrogen and oxygen atoms in total. The van der Waals surface area contributed by atoms with Crippen LogP contribution in [0, 0.1) is 0 Å². The number of oxazole rings is 1. The molecule has 23 heavy (non-hydrogen) atoms. The van der Waals surface area contributed by atoms with E-state index in [0.29, 0.717) is 17.0 Å². The quantitative estimate of drug-likeness (QED) is 0.774. The largest absolute Gasteiger partial charge is 0.431 e. The van der Waals surface area contributed by atoms with Crippen LogP contribution in [0.3, 0.4) is 0 Å². The summed E-state index contributed by atoms with van der Waals surface area (Å²) in [5.41, 5.74) is 1.62. The molecule has 1 heterocycles. The van der Waals surface area contributed by atoms with Crippen LogP contribution in [-0.4, -0.2) is 34.6 Å². The van der Waals surface area contributed by atoms with Crippen molar-refractivity contribution in [2.45, 2.75) is 56.2 Å². The SMILES string of the molecule is CN(C(=O)CSc1nc2ccccc2o1)C1CCCCCCC1. The molecule has 0 N–H and O–H groups in total. The van der Waals surface area contributed by atoms with Crippen molar-refractivity contribution in [3.63, 3.8) is 0 Å². The first-order valence-corrected chi connectivity index (χ1v) is 9.46. The van der Waals surface area contributed by atoms with E-state index >= 15 is 0 Å². The summed E-state index contributed by atoms with van der Waals surface area (Å²) in [6.07, 6.45) is 8.69. The van der Waals surface area contributed by atoms with Gasteiger partial charge in [0, 0.05) is 13.1 Å². The Bertz CT molecular complexity index is 614. The van der Waals surface area contributed by atoms with Crippen molar-refractivity contribution in [2.24, 2.45) is 0 Å². The molecule has 0 atom stereocenters. The number of aromatic nitrogens is 1. The number of carbonyl (C=O) groups excluding carboxylic acids is 1. The van der Waals surface area contributed by atoms with E-state index in [1.54, 1.807) is 0 Å². The minimum atomic E-state index is 0.169. The average molecular weight is 332 g/mol. The molecule has 0 saturated heterocycles. The second kappa shape index (κ2) is 7.86. The molecule has 1 saturated carbocycles. The number of hydrogen-bond acceptors (Lipinski definition) is 4. The van der Waals surface area contributed by atoms with Crippen LogP contribution in [0.1, 0.15) is 44.9 Å². The first kappa shape index (κ1) is 16.4. The van der Waals surface area contributed by atoms with Crippen molar-refractivity contribution in [3.05, 3.63) is 24.3 Å². The zero-order chi connectivity index (χ0) is 16.1. The number of nitrogens with zero attached hydrogens (tertiary/aromatic N) is 2. The first-order valence-electron chi connectivity index (χ1n) is 8.48. The number of carbonyl (C=O) groups is 1. The maximum Gasteiger partial charge on any atom is 0.257 e. The summed E-state index contributed by atoms with van der Waals surface area (Å²) in [6.45, 7) is 0. The first-order chi connectivity index (χ1) is 11.2. The lowest BCUT2D eigenvalue weighted by molar-refractivity contribution is -0.129. The zero-order valence-electron chi connectivity index (χ0n) is 13.7. The van der Waals surface area contributed by atoms with E-state index in [1.807, 2.05) is 36.2 Å². The molecule has 124 valence electrons. The summed E-state index contributed by atoms with van der Waals surface area (Å²) in [5.74, 6) is 0.558. The van der Waals surface area contributed by atoms with Crippen LogP contribution in [0.5, 0.6) is 0 Å². The highest BCUT2D eigenvalue weighted by atomic mass is 32.2. The molecular formula is C18H24N2O2S. The Balaban J connectivity index is 1.55. The second-order valence-electron chi connectivity index (χ2n) is 6.24. The van der Waals surface area contributed by atoms with Crippen molar-refractivity contribution >= 4 is 28.8 Å². The fraction of sp³-hybridized carbons (Fsp3) is 0.556. The van der Waals surface area contributed by atoms with Crippen molar-refractivity contribution < 1.29 is 9.21 Å². The van der Waals surface area contributed by atoms with Gasteiger partial charge in [-0.05, 0) is 25.0 Å². The highest BCUT2D eigenvalue weighted by Crippen LogP contribution is 2.25. The third kappa shape index (κ3) is 4.28. The number of benzene rings is 1. The predicted molar refractivity (Wildman–Crippen MR) is 93.6 cm³/mol. The van der Waals surface area contributed by atoms with Crippen LogP contribution in [0.2, 0.25) is 0 Å². The smallest absolute Gasteiger partial charge is 0.257 e. The zero-order valence-corrected chi connectivity index (χ0v) is 14.5. The number of amides is 1. The maximum atomic E-state index is 12.5. The van der Waals surface area contributed by atoms with Crippen LogP contribution < -0.4 is 0 Å². The maximum absolute atomic E-state index is 12.5. The van der Waals surface area contributed by atoms with E-state index in [2.05, 4.69) is 4.98 Å². The Morgan fingerprint density at radius 2 is 1.91 bits per heavy atom. The van der Waals surface area contributed by atoms with Gasteiger partial charge < -0.3 is 9.32 Å². The molecule has 1 aromatic carbocycles. The number of thioether (sulfide) groups is 1. The summed E-state index contributed by atoms with van der Waals surface area (Å²) in [7, 11) is 1.95. The fourth-order valence-electron chi connectivity index (χ4n) is 3.16. The number of hydrogen-bond donors (Lipinski definition) is 0. The van der Waals surface area contributed by atoms with Crippen LogP contribution in [-0.2, 0) is 4.79 Å². The predicted octanol–water partition coefficient (Wildman–Crippen LogP) is 4.49. The molecule has 1 amide bonds. The minimum Gasteiger partial charge on any atom is -0.431 e. The van der Waals surface area contributed by atoms with Crippen LogP contribution in [0.15, 0.2) is 33.9 Å². The van der Waals surface area contributed by atoms with Crippen molar-refractivity contribution in [3.8, 4) is 0 Å². The van der Waals surface area contributed by atoms with E-state index in [0.717, 1.165) is 23.9 Å². The third-order valence-electron chi connectivity index (χ3n) is 4.61. The van der Waals surface area contributed by atoms with Gasteiger partial charge in [0.1, 0.15) is 5.52 Å².